The highest BCUT2D eigenvalue weighted by Crippen LogP contribution is 2.26. The van der Waals surface area contributed by atoms with Gasteiger partial charge in [-0.2, -0.15) is 0 Å². The van der Waals surface area contributed by atoms with Crippen LogP contribution in [0.5, 0.6) is 11.5 Å². The lowest BCUT2D eigenvalue weighted by Crippen LogP contribution is -2.31. The number of phenolic OH excluding ortho intramolecular Hbond substituents is 2. The molecule has 1 atom stereocenters. The average Bonchev–Trinajstić information content (AvgIpc) is 2.66. The average molecular weight is 263 g/mol. The topological polar surface area (TPSA) is 60.8 Å². The maximum absolute atomic E-state index is 12.3. The summed E-state index contributed by atoms with van der Waals surface area (Å²) in [6.07, 6.45) is 4.43. The summed E-state index contributed by atoms with van der Waals surface area (Å²) in [6, 6.07) is 4.24. The van der Waals surface area contributed by atoms with Crippen molar-refractivity contribution in [1.82, 2.24) is 4.90 Å². The molecule has 1 aliphatic heterocycles. The second-order valence-electron chi connectivity index (χ2n) is 5.20. The maximum Gasteiger partial charge on any atom is 0.253 e. The van der Waals surface area contributed by atoms with Crippen LogP contribution < -0.4 is 0 Å². The third-order valence-corrected chi connectivity index (χ3v) is 3.93. The van der Waals surface area contributed by atoms with Crippen LogP contribution in [0.15, 0.2) is 18.2 Å². The number of hydrogen-bond acceptors (Lipinski definition) is 3. The van der Waals surface area contributed by atoms with E-state index in [1.54, 1.807) is 6.07 Å². The highest BCUT2D eigenvalue weighted by Gasteiger charge is 2.21. The van der Waals surface area contributed by atoms with Crippen molar-refractivity contribution in [1.29, 1.82) is 0 Å². The van der Waals surface area contributed by atoms with Crippen LogP contribution in [0, 0.1) is 5.92 Å². The van der Waals surface area contributed by atoms with Crippen LogP contribution >= 0.6 is 0 Å². The molecule has 4 nitrogen and oxygen atoms in total. The van der Waals surface area contributed by atoms with E-state index in [1.807, 2.05) is 4.90 Å². The molecule has 104 valence electrons. The van der Waals surface area contributed by atoms with Gasteiger partial charge in [-0.25, -0.2) is 0 Å². The van der Waals surface area contributed by atoms with Crippen LogP contribution in [0.1, 0.15) is 43.0 Å². The van der Waals surface area contributed by atoms with Crippen molar-refractivity contribution in [3.63, 3.8) is 0 Å². The van der Waals surface area contributed by atoms with Crippen LogP contribution in [-0.2, 0) is 0 Å². The lowest BCUT2D eigenvalue weighted by molar-refractivity contribution is 0.0759. The normalized spacial score (nSPS) is 20.1. The summed E-state index contributed by atoms with van der Waals surface area (Å²) in [4.78, 5) is 14.2. The first-order chi connectivity index (χ1) is 9.11. The Morgan fingerprint density at radius 3 is 2.74 bits per heavy atom. The molecular formula is C15H21NO3. The molecule has 1 aliphatic rings. The van der Waals surface area contributed by atoms with Crippen molar-refractivity contribution < 1.29 is 15.0 Å². The van der Waals surface area contributed by atoms with Gasteiger partial charge in [-0.3, -0.25) is 4.79 Å². The predicted molar refractivity (Wildman–Crippen MR) is 73.3 cm³/mol. The molecule has 19 heavy (non-hydrogen) atoms. The highest BCUT2D eigenvalue weighted by molar-refractivity contribution is 5.94. The third kappa shape index (κ3) is 3.19. The van der Waals surface area contributed by atoms with E-state index in [2.05, 4.69) is 6.92 Å². The molecule has 0 radical (unpaired) electrons. The molecule has 0 aliphatic carbocycles. The van der Waals surface area contributed by atoms with Crippen LogP contribution in [0.2, 0.25) is 0 Å². The van der Waals surface area contributed by atoms with Gasteiger partial charge in [0, 0.05) is 18.7 Å². The summed E-state index contributed by atoms with van der Waals surface area (Å²) in [7, 11) is 0. The molecule has 0 bridgehead atoms. The first-order valence-electron chi connectivity index (χ1n) is 6.93. The van der Waals surface area contributed by atoms with Crippen molar-refractivity contribution in [2.24, 2.45) is 5.92 Å². The van der Waals surface area contributed by atoms with Gasteiger partial charge in [-0.1, -0.05) is 13.3 Å². The monoisotopic (exact) mass is 263 g/mol. The minimum absolute atomic E-state index is 0.0629. The fraction of sp³-hybridized carbons (Fsp3) is 0.533. The van der Waals surface area contributed by atoms with Crippen molar-refractivity contribution in [2.75, 3.05) is 13.1 Å². The van der Waals surface area contributed by atoms with Gasteiger partial charge in [0.05, 0.1) is 0 Å². The van der Waals surface area contributed by atoms with Crippen molar-refractivity contribution in [3.8, 4) is 11.5 Å². The Hall–Kier alpha value is -1.71. The van der Waals surface area contributed by atoms with E-state index in [-0.39, 0.29) is 17.4 Å². The molecule has 0 spiro atoms. The Morgan fingerprint density at radius 1 is 1.26 bits per heavy atom. The number of carbonyl (C=O) groups is 1. The number of amides is 1. The van der Waals surface area contributed by atoms with E-state index < -0.39 is 0 Å². The lowest BCUT2D eigenvalue weighted by Gasteiger charge is -2.20. The lowest BCUT2D eigenvalue weighted by atomic mass is 9.98. The second-order valence-corrected chi connectivity index (χ2v) is 5.20. The van der Waals surface area contributed by atoms with Gasteiger partial charge < -0.3 is 15.1 Å². The minimum Gasteiger partial charge on any atom is -0.504 e. The number of likely N-dealkylation sites (tertiary alicyclic amines) is 1. The van der Waals surface area contributed by atoms with Crippen LogP contribution in [-0.4, -0.2) is 34.1 Å². The predicted octanol–water partition coefficient (Wildman–Crippen LogP) is 2.75. The summed E-state index contributed by atoms with van der Waals surface area (Å²) in [5.74, 6) is 0.212. The molecule has 1 aromatic carbocycles. The third-order valence-electron chi connectivity index (χ3n) is 3.93. The number of phenols is 2. The number of carbonyl (C=O) groups excluding carboxylic acids is 1. The molecule has 0 aromatic heterocycles. The summed E-state index contributed by atoms with van der Waals surface area (Å²) >= 11 is 0. The zero-order valence-electron chi connectivity index (χ0n) is 11.3. The molecule has 1 fully saturated rings. The first kappa shape index (κ1) is 13.7. The van der Waals surface area contributed by atoms with E-state index in [0.29, 0.717) is 11.5 Å². The molecule has 2 N–H and O–H groups in total. The highest BCUT2D eigenvalue weighted by atomic mass is 16.3. The number of benzene rings is 1. The van der Waals surface area contributed by atoms with Gasteiger partial charge in [-0.05, 0) is 43.4 Å². The van der Waals surface area contributed by atoms with Crippen molar-refractivity contribution >= 4 is 5.91 Å². The van der Waals surface area contributed by atoms with Gasteiger partial charge in [0.25, 0.3) is 5.91 Å². The number of hydrogen-bond donors (Lipinski definition) is 2. The van der Waals surface area contributed by atoms with E-state index >= 15 is 0 Å². The van der Waals surface area contributed by atoms with E-state index in [4.69, 9.17) is 0 Å². The summed E-state index contributed by atoms with van der Waals surface area (Å²) < 4.78 is 0. The van der Waals surface area contributed by atoms with Crippen molar-refractivity contribution in [2.45, 2.75) is 32.6 Å². The molecule has 1 amide bonds. The Labute approximate surface area is 113 Å². The fourth-order valence-electron chi connectivity index (χ4n) is 2.62. The summed E-state index contributed by atoms with van der Waals surface area (Å²) in [5, 5.41) is 18.7. The van der Waals surface area contributed by atoms with Crippen LogP contribution in [0.25, 0.3) is 0 Å². The maximum atomic E-state index is 12.3. The Kier molecular flexibility index (Phi) is 4.30. The standard InChI is InChI=1S/C15H21NO3/c1-2-11-4-3-8-16(9-7-11)15(19)12-5-6-13(17)14(18)10-12/h5-6,10-11,17-18H,2-4,7-9H2,1H3. The minimum atomic E-state index is -0.243. The summed E-state index contributed by atoms with van der Waals surface area (Å²) in [6.45, 7) is 3.75. The molecule has 4 heteroatoms. The SMILES string of the molecule is CCC1CCCN(C(=O)c2ccc(O)c(O)c2)CC1. The molecule has 1 heterocycles. The first-order valence-corrected chi connectivity index (χ1v) is 6.93. The fourth-order valence-corrected chi connectivity index (χ4v) is 2.62. The number of aromatic hydroxyl groups is 2. The van der Waals surface area contributed by atoms with E-state index in [0.717, 1.165) is 25.9 Å². The zero-order valence-corrected chi connectivity index (χ0v) is 11.3. The van der Waals surface area contributed by atoms with Gasteiger partial charge >= 0.3 is 0 Å². The quantitative estimate of drug-likeness (QED) is 0.806. The van der Waals surface area contributed by atoms with Gasteiger partial charge in [0.2, 0.25) is 0 Å². The molecule has 1 unspecified atom stereocenters. The van der Waals surface area contributed by atoms with Gasteiger partial charge in [-0.15, -0.1) is 0 Å². The molecular weight excluding hydrogens is 242 g/mol. The Bertz CT molecular complexity index is 459. The Morgan fingerprint density at radius 2 is 2.05 bits per heavy atom. The number of nitrogens with zero attached hydrogens (tertiary/aromatic N) is 1. The van der Waals surface area contributed by atoms with Crippen molar-refractivity contribution in [3.05, 3.63) is 23.8 Å². The van der Waals surface area contributed by atoms with Crippen LogP contribution in [0.4, 0.5) is 0 Å². The molecule has 1 saturated heterocycles. The number of rotatable bonds is 2. The zero-order chi connectivity index (χ0) is 13.8. The Balaban J connectivity index is 2.08. The molecule has 2 rings (SSSR count). The van der Waals surface area contributed by atoms with E-state index in [1.165, 1.54) is 25.0 Å². The second kappa shape index (κ2) is 5.95. The van der Waals surface area contributed by atoms with Gasteiger partial charge in [0.15, 0.2) is 11.5 Å². The largest absolute Gasteiger partial charge is 0.504 e. The van der Waals surface area contributed by atoms with E-state index in [9.17, 15) is 15.0 Å². The molecule has 1 aromatic rings. The van der Waals surface area contributed by atoms with Crippen LogP contribution in [0.3, 0.4) is 0 Å². The van der Waals surface area contributed by atoms with Gasteiger partial charge in [0.1, 0.15) is 0 Å². The molecule has 0 saturated carbocycles. The smallest absolute Gasteiger partial charge is 0.253 e. The summed E-state index contributed by atoms with van der Waals surface area (Å²) in [5.41, 5.74) is 0.435.